The zero-order chi connectivity index (χ0) is 10.3. The van der Waals surface area contributed by atoms with E-state index in [1.54, 1.807) is 19.2 Å². The van der Waals surface area contributed by atoms with Crippen molar-refractivity contribution < 1.29 is 9.90 Å². The maximum atomic E-state index is 10.9. The molecule has 0 aliphatic heterocycles. The summed E-state index contributed by atoms with van der Waals surface area (Å²) in [4.78, 5) is 10.9. The lowest BCUT2D eigenvalue weighted by molar-refractivity contribution is 0.0963. The summed E-state index contributed by atoms with van der Waals surface area (Å²) in [6.45, 7) is 4.00. The fourth-order valence-corrected chi connectivity index (χ4v) is 0.757. The minimum absolute atomic E-state index is 0.148. The average molecular weight is 181 g/mol. The minimum Gasteiger partial charge on any atom is -0.508 e. The van der Waals surface area contributed by atoms with Gasteiger partial charge in [-0.2, -0.15) is 0 Å². The summed E-state index contributed by atoms with van der Waals surface area (Å²) in [6.07, 6.45) is 0. The quantitative estimate of drug-likeness (QED) is 0.693. The summed E-state index contributed by atoms with van der Waals surface area (Å²) in [5, 5.41) is 11.4. The zero-order valence-corrected chi connectivity index (χ0v) is 8.16. The molecular weight excluding hydrogens is 166 g/mol. The fraction of sp³-hybridized carbons (Fsp3) is 0.300. The number of nitrogens with one attached hydrogen (secondary N) is 1. The summed E-state index contributed by atoms with van der Waals surface area (Å²) in [5.74, 6) is 0.0163. The molecule has 0 unspecified atom stereocenters. The molecule has 0 radical (unpaired) electrons. The topological polar surface area (TPSA) is 49.3 Å². The predicted molar refractivity (Wildman–Crippen MR) is 52.8 cm³/mol. The molecule has 0 bridgehead atoms. The Kier molecular flexibility index (Phi) is 5.35. The number of hydrogen-bond donors (Lipinski definition) is 2. The lowest BCUT2D eigenvalue weighted by Crippen LogP contribution is -2.17. The Morgan fingerprint density at radius 3 is 2.08 bits per heavy atom. The number of carbonyl (C=O) groups excluding carboxylic acids is 1. The number of carbonyl (C=O) groups is 1. The first-order valence-corrected chi connectivity index (χ1v) is 4.25. The molecule has 2 N–H and O–H groups in total. The number of phenolic OH excluding ortho intramolecular Hbond substituents is 1. The SMILES string of the molecule is CC.CNC(=O)c1ccc(O)cc1. The van der Waals surface area contributed by atoms with Crippen LogP contribution in [0.15, 0.2) is 24.3 Å². The van der Waals surface area contributed by atoms with Gasteiger partial charge in [0.1, 0.15) is 5.75 Å². The van der Waals surface area contributed by atoms with Gasteiger partial charge in [0.2, 0.25) is 0 Å². The van der Waals surface area contributed by atoms with Crippen molar-refractivity contribution in [1.82, 2.24) is 5.32 Å². The molecule has 0 saturated carbocycles. The van der Waals surface area contributed by atoms with Gasteiger partial charge in [0.25, 0.3) is 5.91 Å². The Morgan fingerprint density at radius 1 is 1.23 bits per heavy atom. The number of benzene rings is 1. The van der Waals surface area contributed by atoms with Gasteiger partial charge in [0.15, 0.2) is 0 Å². The molecule has 0 aromatic heterocycles. The van der Waals surface area contributed by atoms with Gasteiger partial charge in [-0.1, -0.05) is 13.8 Å². The Morgan fingerprint density at radius 2 is 1.69 bits per heavy atom. The van der Waals surface area contributed by atoms with Gasteiger partial charge in [-0.05, 0) is 24.3 Å². The highest BCUT2D eigenvalue weighted by atomic mass is 16.3. The van der Waals surface area contributed by atoms with E-state index in [0.717, 1.165) is 0 Å². The van der Waals surface area contributed by atoms with Gasteiger partial charge in [-0.25, -0.2) is 0 Å². The van der Waals surface area contributed by atoms with E-state index in [2.05, 4.69) is 5.32 Å². The first-order valence-electron chi connectivity index (χ1n) is 4.25. The second-order valence-corrected chi connectivity index (χ2v) is 2.13. The van der Waals surface area contributed by atoms with E-state index < -0.39 is 0 Å². The molecular formula is C10H15NO2. The van der Waals surface area contributed by atoms with Crippen molar-refractivity contribution in [3.8, 4) is 5.75 Å². The Bertz CT molecular complexity index is 254. The lowest BCUT2D eigenvalue weighted by atomic mass is 10.2. The maximum absolute atomic E-state index is 10.9. The Labute approximate surface area is 78.4 Å². The standard InChI is InChI=1S/C8H9NO2.C2H6/c1-9-8(11)6-2-4-7(10)5-3-6;1-2/h2-5,10H,1H3,(H,9,11);1-2H3. The third-order valence-electron chi connectivity index (χ3n) is 1.36. The van der Waals surface area contributed by atoms with Crippen molar-refractivity contribution in [2.24, 2.45) is 0 Å². The van der Waals surface area contributed by atoms with E-state index in [9.17, 15) is 4.79 Å². The number of hydrogen-bond acceptors (Lipinski definition) is 2. The van der Waals surface area contributed by atoms with Crippen LogP contribution in [-0.2, 0) is 0 Å². The van der Waals surface area contributed by atoms with E-state index in [4.69, 9.17) is 5.11 Å². The maximum Gasteiger partial charge on any atom is 0.251 e. The van der Waals surface area contributed by atoms with Crippen molar-refractivity contribution >= 4 is 5.91 Å². The molecule has 0 fully saturated rings. The van der Waals surface area contributed by atoms with Gasteiger partial charge in [-0.3, -0.25) is 4.79 Å². The summed E-state index contributed by atoms with van der Waals surface area (Å²) in [5.41, 5.74) is 0.547. The van der Waals surface area contributed by atoms with Crippen LogP contribution in [0.1, 0.15) is 24.2 Å². The highest BCUT2D eigenvalue weighted by Crippen LogP contribution is 2.08. The number of phenols is 1. The van der Waals surface area contributed by atoms with Crippen LogP contribution >= 0.6 is 0 Å². The van der Waals surface area contributed by atoms with E-state index in [1.165, 1.54) is 12.1 Å². The van der Waals surface area contributed by atoms with Gasteiger partial charge in [0, 0.05) is 12.6 Å². The molecule has 1 amide bonds. The molecule has 13 heavy (non-hydrogen) atoms. The third-order valence-corrected chi connectivity index (χ3v) is 1.36. The fourth-order valence-electron chi connectivity index (χ4n) is 0.757. The highest BCUT2D eigenvalue weighted by molar-refractivity contribution is 5.93. The second-order valence-electron chi connectivity index (χ2n) is 2.13. The van der Waals surface area contributed by atoms with Crippen molar-refractivity contribution in [2.75, 3.05) is 7.05 Å². The smallest absolute Gasteiger partial charge is 0.251 e. The zero-order valence-electron chi connectivity index (χ0n) is 8.16. The second kappa shape index (κ2) is 6.06. The van der Waals surface area contributed by atoms with Crippen LogP contribution in [-0.4, -0.2) is 18.1 Å². The molecule has 1 aromatic carbocycles. The van der Waals surface area contributed by atoms with Crippen LogP contribution in [0.25, 0.3) is 0 Å². The van der Waals surface area contributed by atoms with E-state index >= 15 is 0 Å². The van der Waals surface area contributed by atoms with Crippen LogP contribution in [0.3, 0.4) is 0 Å². The molecule has 0 atom stereocenters. The minimum atomic E-state index is -0.148. The van der Waals surface area contributed by atoms with Crippen molar-refractivity contribution in [2.45, 2.75) is 13.8 Å². The predicted octanol–water partition coefficient (Wildman–Crippen LogP) is 1.78. The van der Waals surface area contributed by atoms with E-state index in [1.807, 2.05) is 13.8 Å². The van der Waals surface area contributed by atoms with Crippen LogP contribution < -0.4 is 5.32 Å². The summed E-state index contributed by atoms with van der Waals surface area (Å²) in [6, 6.07) is 6.08. The largest absolute Gasteiger partial charge is 0.508 e. The van der Waals surface area contributed by atoms with Crippen LogP contribution in [0.4, 0.5) is 0 Å². The highest BCUT2D eigenvalue weighted by Gasteiger charge is 2.00. The molecule has 0 aliphatic rings. The molecule has 3 nitrogen and oxygen atoms in total. The van der Waals surface area contributed by atoms with Crippen LogP contribution in [0.2, 0.25) is 0 Å². The summed E-state index contributed by atoms with van der Waals surface area (Å²) in [7, 11) is 1.56. The first-order chi connectivity index (χ1) is 6.24. The number of aromatic hydroxyl groups is 1. The molecule has 1 aromatic rings. The number of rotatable bonds is 1. The van der Waals surface area contributed by atoms with E-state index in [0.29, 0.717) is 5.56 Å². The molecule has 3 heteroatoms. The lowest BCUT2D eigenvalue weighted by Gasteiger charge is -1.97. The van der Waals surface area contributed by atoms with Crippen molar-refractivity contribution in [3.05, 3.63) is 29.8 Å². The molecule has 0 saturated heterocycles. The Hall–Kier alpha value is -1.51. The Balaban J connectivity index is 0.000000671. The van der Waals surface area contributed by atoms with E-state index in [-0.39, 0.29) is 11.7 Å². The molecule has 0 heterocycles. The van der Waals surface area contributed by atoms with Gasteiger partial charge in [0.05, 0.1) is 0 Å². The average Bonchev–Trinajstić information content (AvgIpc) is 2.21. The van der Waals surface area contributed by atoms with Crippen molar-refractivity contribution in [3.63, 3.8) is 0 Å². The van der Waals surface area contributed by atoms with Gasteiger partial charge < -0.3 is 10.4 Å². The van der Waals surface area contributed by atoms with Crippen LogP contribution in [0.5, 0.6) is 5.75 Å². The summed E-state index contributed by atoms with van der Waals surface area (Å²) >= 11 is 0. The molecule has 0 spiro atoms. The van der Waals surface area contributed by atoms with Crippen molar-refractivity contribution in [1.29, 1.82) is 0 Å². The van der Waals surface area contributed by atoms with Gasteiger partial charge in [-0.15, -0.1) is 0 Å². The number of amides is 1. The normalized spacial score (nSPS) is 8.23. The summed E-state index contributed by atoms with van der Waals surface area (Å²) < 4.78 is 0. The van der Waals surface area contributed by atoms with Gasteiger partial charge >= 0.3 is 0 Å². The molecule has 72 valence electrons. The first kappa shape index (κ1) is 11.5. The van der Waals surface area contributed by atoms with Crippen LogP contribution in [0, 0.1) is 0 Å². The monoisotopic (exact) mass is 181 g/mol. The molecule has 1 rings (SSSR count). The third kappa shape index (κ3) is 3.60. The molecule has 0 aliphatic carbocycles.